The number of carbonyl (C=O) groups is 2. The van der Waals surface area contributed by atoms with Crippen molar-refractivity contribution < 1.29 is 14.3 Å². The summed E-state index contributed by atoms with van der Waals surface area (Å²) in [7, 11) is 0. The van der Waals surface area contributed by atoms with Crippen molar-refractivity contribution in [1.29, 1.82) is 0 Å². The molecule has 0 N–H and O–H groups in total. The van der Waals surface area contributed by atoms with Crippen molar-refractivity contribution in [3.05, 3.63) is 41.4 Å². The molecule has 2 aliphatic rings. The number of carbonyl (C=O) groups excluding carboxylic acids is 2. The van der Waals surface area contributed by atoms with E-state index in [1.807, 2.05) is 6.07 Å². The number of nitrogens with zero attached hydrogens (tertiary/aromatic N) is 3. The number of hydrogen-bond acceptors (Lipinski definition) is 6. The molecule has 26 heavy (non-hydrogen) atoms. The number of ether oxygens (including phenoxy) is 1. The van der Waals surface area contributed by atoms with E-state index >= 15 is 0 Å². The van der Waals surface area contributed by atoms with E-state index in [0.717, 1.165) is 32.7 Å². The Bertz CT molecular complexity index is 657. The molecule has 0 saturated carbocycles. The molecule has 2 aliphatic heterocycles. The molecule has 0 unspecified atom stereocenters. The quantitative estimate of drug-likeness (QED) is 0.558. The Morgan fingerprint density at radius 1 is 1.15 bits per heavy atom. The molecule has 0 aromatic heterocycles. The number of hydrogen-bond donors (Lipinski definition) is 0. The molecular formula is C19H25N3O3S. The van der Waals surface area contributed by atoms with Gasteiger partial charge in [0.15, 0.2) is 0 Å². The molecule has 2 fully saturated rings. The number of rotatable bonds is 6. The topological polar surface area (TPSA) is 53.1 Å². The van der Waals surface area contributed by atoms with Gasteiger partial charge < -0.3 is 14.5 Å². The molecule has 1 aromatic rings. The highest BCUT2D eigenvalue weighted by Crippen LogP contribution is 2.28. The van der Waals surface area contributed by atoms with Gasteiger partial charge in [0.05, 0.1) is 23.5 Å². The van der Waals surface area contributed by atoms with Crippen molar-refractivity contribution in [2.24, 2.45) is 0 Å². The minimum Gasteiger partial charge on any atom is -0.463 e. The van der Waals surface area contributed by atoms with Gasteiger partial charge in [-0.2, -0.15) is 0 Å². The number of para-hydroxylation sites is 1. The Labute approximate surface area is 158 Å². The van der Waals surface area contributed by atoms with Gasteiger partial charge >= 0.3 is 5.97 Å². The molecular weight excluding hydrogens is 350 g/mol. The number of esters is 1. The Morgan fingerprint density at radius 2 is 1.88 bits per heavy atom. The minimum absolute atomic E-state index is 0.0634. The van der Waals surface area contributed by atoms with Gasteiger partial charge in [-0.3, -0.25) is 9.69 Å². The van der Waals surface area contributed by atoms with Crippen LogP contribution in [0, 0.1) is 0 Å². The van der Waals surface area contributed by atoms with E-state index in [1.54, 1.807) is 11.8 Å². The maximum atomic E-state index is 12.1. The van der Waals surface area contributed by atoms with Crippen molar-refractivity contribution in [2.75, 3.05) is 56.5 Å². The molecule has 3 rings (SSSR count). The largest absolute Gasteiger partial charge is 0.463 e. The summed E-state index contributed by atoms with van der Waals surface area (Å²) in [5.74, 6) is 0.0761. The fourth-order valence-corrected chi connectivity index (χ4v) is 4.12. The molecule has 0 aliphatic carbocycles. The lowest BCUT2D eigenvalue weighted by Crippen LogP contribution is -2.48. The zero-order valence-corrected chi connectivity index (χ0v) is 15.9. The van der Waals surface area contributed by atoms with Crippen LogP contribution < -0.4 is 4.90 Å². The molecule has 7 heteroatoms. The predicted octanol–water partition coefficient (Wildman–Crippen LogP) is 1.79. The lowest BCUT2D eigenvalue weighted by molar-refractivity contribution is -0.137. The average Bonchev–Trinajstić information content (AvgIpc) is 3.01. The maximum Gasteiger partial charge on any atom is 0.333 e. The van der Waals surface area contributed by atoms with Gasteiger partial charge in [0.1, 0.15) is 0 Å². The van der Waals surface area contributed by atoms with E-state index in [-0.39, 0.29) is 11.9 Å². The summed E-state index contributed by atoms with van der Waals surface area (Å²) in [6, 6.07) is 10.4. The standard InChI is InChI=1S/C19H25N3O3S/c1-2-25-19(24)14-18-22(17(23)15-26-18)13-10-20-8-11-21(12-9-20)16-6-4-3-5-7-16/h3-7,14H,2,8-13,15H2,1H3/b18-14-. The van der Waals surface area contributed by atoms with Gasteiger partial charge in [0, 0.05) is 45.0 Å². The highest BCUT2D eigenvalue weighted by molar-refractivity contribution is 8.04. The van der Waals surface area contributed by atoms with Crippen LogP contribution in [-0.2, 0) is 14.3 Å². The van der Waals surface area contributed by atoms with Gasteiger partial charge in [-0.15, -0.1) is 0 Å². The summed E-state index contributed by atoms with van der Waals surface area (Å²) >= 11 is 1.41. The number of benzene rings is 1. The molecule has 1 amide bonds. The lowest BCUT2D eigenvalue weighted by atomic mass is 10.2. The molecule has 0 spiro atoms. The second-order valence-electron chi connectivity index (χ2n) is 6.23. The van der Waals surface area contributed by atoms with Crippen molar-refractivity contribution in [1.82, 2.24) is 9.80 Å². The summed E-state index contributed by atoms with van der Waals surface area (Å²) in [5, 5.41) is 0.705. The van der Waals surface area contributed by atoms with E-state index in [2.05, 4.69) is 34.1 Å². The number of amides is 1. The molecule has 0 radical (unpaired) electrons. The first kappa shape index (κ1) is 18.8. The average molecular weight is 375 g/mol. The third kappa shape index (κ3) is 4.80. The Morgan fingerprint density at radius 3 is 2.58 bits per heavy atom. The van der Waals surface area contributed by atoms with Gasteiger partial charge in [0.25, 0.3) is 0 Å². The molecule has 2 saturated heterocycles. The number of anilines is 1. The van der Waals surface area contributed by atoms with E-state index in [0.29, 0.717) is 23.9 Å². The molecule has 140 valence electrons. The maximum absolute atomic E-state index is 12.1. The van der Waals surface area contributed by atoms with Crippen molar-refractivity contribution in [3.63, 3.8) is 0 Å². The SMILES string of the molecule is CCOC(=O)/C=C1\SCC(=O)N1CCN1CCN(c2ccccc2)CC1. The fourth-order valence-electron chi connectivity index (χ4n) is 3.16. The zero-order chi connectivity index (χ0) is 18.4. The van der Waals surface area contributed by atoms with Gasteiger partial charge in [-0.25, -0.2) is 4.79 Å². The van der Waals surface area contributed by atoms with Crippen LogP contribution in [0.3, 0.4) is 0 Å². The Hall–Kier alpha value is -1.99. The van der Waals surface area contributed by atoms with Crippen LogP contribution in [0.4, 0.5) is 5.69 Å². The first-order valence-electron chi connectivity index (χ1n) is 9.01. The third-order valence-corrected chi connectivity index (χ3v) is 5.60. The van der Waals surface area contributed by atoms with Crippen LogP contribution in [0.1, 0.15) is 6.92 Å². The van der Waals surface area contributed by atoms with Gasteiger partial charge in [0.2, 0.25) is 5.91 Å². The highest BCUT2D eigenvalue weighted by Gasteiger charge is 2.28. The van der Waals surface area contributed by atoms with Gasteiger partial charge in [-0.1, -0.05) is 30.0 Å². The smallest absolute Gasteiger partial charge is 0.333 e. The van der Waals surface area contributed by atoms with E-state index in [9.17, 15) is 9.59 Å². The fraction of sp³-hybridized carbons (Fsp3) is 0.474. The highest BCUT2D eigenvalue weighted by atomic mass is 32.2. The Balaban J connectivity index is 1.49. The van der Waals surface area contributed by atoms with Crippen LogP contribution in [-0.4, -0.2) is 73.3 Å². The number of thioether (sulfide) groups is 1. The predicted molar refractivity (Wildman–Crippen MR) is 104 cm³/mol. The van der Waals surface area contributed by atoms with Crippen molar-refractivity contribution in [3.8, 4) is 0 Å². The summed E-state index contributed by atoms with van der Waals surface area (Å²) in [5.41, 5.74) is 1.26. The third-order valence-electron chi connectivity index (χ3n) is 4.57. The molecule has 2 heterocycles. The van der Waals surface area contributed by atoms with Crippen LogP contribution in [0.15, 0.2) is 41.4 Å². The summed E-state index contributed by atoms with van der Waals surface area (Å²) in [6.07, 6.45) is 1.44. The minimum atomic E-state index is -0.383. The van der Waals surface area contributed by atoms with Gasteiger partial charge in [-0.05, 0) is 19.1 Å². The van der Waals surface area contributed by atoms with Crippen LogP contribution in [0.5, 0.6) is 0 Å². The molecule has 0 atom stereocenters. The summed E-state index contributed by atoms with van der Waals surface area (Å²) in [4.78, 5) is 30.3. The van der Waals surface area contributed by atoms with E-state index in [1.165, 1.54) is 23.5 Å². The molecule has 1 aromatic carbocycles. The van der Waals surface area contributed by atoms with Crippen molar-refractivity contribution in [2.45, 2.75) is 6.92 Å². The summed E-state index contributed by atoms with van der Waals surface area (Å²) in [6.45, 7) is 7.46. The van der Waals surface area contributed by atoms with Crippen LogP contribution in [0.25, 0.3) is 0 Å². The second kappa shape index (κ2) is 9.09. The Kier molecular flexibility index (Phi) is 6.57. The van der Waals surface area contributed by atoms with E-state index < -0.39 is 0 Å². The van der Waals surface area contributed by atoms with Crippen LogP contribution in [0.2, 0.25) is 0 Å². The molecule has 0 bridgehead atoms. The van der Waals surface area contributed by atoms with E-state index in [4.69, 9.17) is 4.74 Å². The van der Waals surface area contributed by atoms with Crippen molar-refractivity contribution >= 4 is 29.3 Å². The number of piperazine rings is 1. The summed E-state index contributed by atoms with van der Waals surface area (Å²) < 4.78 is 4.95. The monoisotopic (exact) mass is 375 g/mol. The molecule has 6 nitrogen and oxygen atoms in total. The van der Waals surface area contributed by atoms with Crippen LogP contribution >= 0.6 is 11.8 Å². The normalized spacial score (nSPS) is 20.0. The first-order valence-corrected chi connectivity index (χ1v) is 10.00. The first-order chi connectivity index (χ1) is 12.7. The zero-order valence-electron chi connectivity index (χ0n) is 15.1. The lowest BCUT2D eigenvalue weighted by Gasteiger charge is -2.36. The second-order valence-corrected chi connectivity index (χ2v) is 7.23.